The molecule has 0 radical (unpaired) electrons. The number of ether oxygens (including phenoxy) is 3. The van der Waals surface area contributed by atoms with Crippen molar-refractivity contribution in [1.82, 2.24) is 0 Å². The van der Waals surface area contributed by atoms with Crippen molar-refractivity contribution >= 4 is 11.3 Å². The van der Waals surface area contributed by atoms with Crippen molar-refractivity contribution in [2.45, 2.75) is 32.4 Å². The maximum atomic E-state index is 6.08. The Hall–Kier alpha value is -1.72. The fourth-order valence-electron chi connectivity index (χ4n) is 2.22. The summed E-state index contributed by atoms with van der Waals surface area (Å²) < 4.78 is 16.8. The minimum absolute atomic E-state index is 0.119. The van der Waals surface area contributed by atoms with E-state index in [1.807, 2.05) is 17.5 Å². The van der Waals surface area contributed by atoms with Gasteiger partial charge in [-0.15, -0.1) is 0 Å². The van der Waals surface area contributed by atoms with Gasteiger partial charge in [-0.25, -0.2) is 0 Å². The minimum Gasteiger partial charge on any atom is -0.488 e. The summed E-state index contributed by atoms with van der Waals surface area (Å²) in [5, 5.41) is 4.14. The van der Waals surface area contributed by atoms with Crippen LogP contribution >= 0.6 is 11.3 Å². The van der Waals surface area contributed by atoms with Crippen LogP contribution < -0.4 is 19.9 Å². The van der Waals surface area contributed by atoms with Gasteiger partial charge in [0.15, 0.2) is 11.5 Å². The van der Waals surface area contributed by atoms with Crippen LogP contribution in [0.2, 0.25) is 0 Å². The molecule has 2 heterocycles. The van der Waals surface area contributed by atoms with Gasteiger partial charge in [0.2, 0.25) is 6.79 Å². The number of fused-ring (bicyclic) bond motifs is 1. The summed E-state index contributed by atoms with van der Waals surface area (Å²) in [4.78, 5) is 0. The van der Waals surface area contributed by atoms with Gasteiger partial charge >= 0.3 is 0 Å². The van der Waals surface area contributed by atoms with Gasteiger partial charge < -0.3 is 19.9 Å². The van der Waals surface area contributed by atoms with E-state index in [1.54, 1.807) is 11.3 Å². The lowest BCUT2D eigenvalue weighted by atomic mass is 10.0. The highest BCUT2D eigenvalue weighted by Crippen LogP contribution is 2.39. The first kappa shape index (κ1) is 14.2. The molecule has 0 fully saturated rings. The first-order valence-electron chi connectivity index (χ1n) is 7.08. The molecule has 0 saturated heterocycles. The molecule has 1 aromatic heterocycles. The molecule has 112 valence electrons. The summed E-state index contributed by atoms with van der Waals surface area (Å²) in [5.74, 6) is 2.34. The zero-order valence-corrected chi connectivity index (χ0v) is 12.8. The van der Waals surface area contributed by atoms with Crippen molar-refractivity contribution in [2.75, 3.05) is 6.79 Å². The van der Waals surface area contributed by atoms with Crippen molar-refractivity contribution in [1.29, 1.82) is 0 Å². The maximum absolute atomic E-state index is 6.08. The van der Waals surface area contributed by atoms with Crippen LogP contribution in [0.4, 0.5) is 0 Å². The fraction of sp³-hybridized carbons (Fsp3) is 0.375. The molecule has 1 unspecified atom stereocenters. The summed E-state index contributed by atoms with van der Waals surface area (Å²) in [6.07, 6.45) is 1.70. The van der Waals surface area contributed by atoms with Crippen LogP contribution in [-0.4, -0.2) is 12.8 Å². The SMILES string of the molecule is CCC(N)Cc1cc2c(cc1OCc1ccsc1)OCO2. The average molecular weight is 305 g/mol. The smallest absolute Gasteiger partial charge is 0.231 e. The van der Waals surface area contributed by atoms with Gasteiger partial charge in [-0.2, -0.15) is 11.3 Å². The number of thiophene rings is 1. The van der Waals surface area contributed by atoms with Gasteiger partial charge in [0.1, 0.15) is 12.4 Å². The van der Waals surface area contributed by atoms with Crippen molar-refractivity contribution < 1.29 is 14.2 Å². The Morgan fingerprint density at radius 1 is 1.33 bits per heavy atom. The summed E-state index contributed by atoms with van der Waals surface area (Å²) in [6.45, 7) is 2.91. The number of benzene rings is 1. The van der Waals surface area contributed by atoms with Crippen LogP contribution in [-0.2, 0) is 13.0 Å². The van der Waals surface area contributed by atoms with E-state index in [9.17, 15) is 0 Å². The quantitative estimate of drug-likeness (QED) is 0.889. The lowest BCUT2D eigenvalue weighted by molar-refractivity contribution is 0.173. The van der Waals surface area contributed by atoms with E-state index < -0.39 is 0 Å². The fourth-order valence-corrected chi connectivity index (χ4v) is 2.88. The van der Waals surface area contributed by atoms with E-state index in [0.717, 1.165) is 35.7 Å². The maximum Gasteiger partial charge on any atom is 0.231 e. The third-order valence-corrected chi connectivity index (χ3v) is 4.27. The predicted molar refractivity (Wildman–Crippen MR) is 83.2 cm³/mol. The Balaban J connectivity index is 1.81. The Labute approximate surface area is 128 Å². The second-order valence-corrected chi connectivity index (χ2v) is 5.89. The van der Waals surface area contributed by atoms with Gasteiger partial charge in [-0.3, -0.25) is 0 Å². The standard InChI is InChI=1S/C16H19NO3S/c1-2-13(17)5-12-6-15-16(20-10-19-15)7-14(12)18-8-11-3-4-21-9-11/h3-4,6-7,9,13H,2,5,8,10,17H2,1H3. The molecular formula is C16H19NO3S. The number of hydrogen-bond donors (Lipinski definition) is 1. The van der Waals surface area contributed by atoms with Gasteiger partial charge in [0.25, 0.3) is 0 Å². The van der Waals surface area contributed by atoms with E-state index in [4.69, 9.17) is 19.9 Å². The number of hydrogen-bond acceptors (Lipinski definition) is 5. The Kier molecular flexibility index (Phi) is 4.31. The second kappa shape index (κ2) is 6.37. The molecule has 0 saturated carbocycles. The molecule has 5 heteroatoms. The Morgan fingerprint density at radius 3 is 2.86 bits per heavy atom. The van der Waals surface area contributed by atoms with E-state index in [2.05, 4.69) is 18.4 Å². The highest BCUT2D eigenvalue weighted by molar-refractivity contribution is 7.07. The van der Waals surface area contributed by atoms with Gasteiger partial charge in [-0.05, 0) is 46.9 Å². The van der Waals surface area contributed by atoms with Crippen LogP contribution in [0, 0.1) is 0 Å². The molecule has 0 spiro atoms. The van der Waals surface area contributed by atoms with Crippen LogP contribution in [0.3, 0.4) is 0 Å². The van der Waals surface area contributed by atoms with Crippen LogP contribution in [0.15, 0.2) is 29.0 Å². The van der Waals surface area contributed by atoms with E-state index in [-0.39, 0.29) is 12.8 Å². The summed E-state index contributed by atoms with van der Waals surface area (Å²) in [7, 11) is 0. The predicted octanol–water partition coefficient (Wildman–Crippen LogP) is 3.34. The monoisotopic (exact) mass is 305 g/mol. The average Bonchev–Trinajstić information content (AvgIpc) is 3.15. The van der Waals surface area contributed by atoms with Crippen LogP contribution in [0.5, 0.6) is 17.2 Å². The van der Waals surface area contributed by atoms with Gasteiger partial charge in [-0.1, -0.05) is 6.92 Å². The zero-order valence-electron chi connectivity index (χ0n) is 12.0. The first-order chi connectivity index (χ1) is 10.3. The van der Waals surface area contributed by atoms with Crippen molar-refractivity contribution in [3.63, 3.8) is 0 Å². The number of rotatable bonds is 6. The molecule has 2 aromatic rings. The van der Waals surface area contributed by atoms with E-state index >= 15 is 0 Å². The normalized spacial score (nSPS) is 14.2. The molecule has 1 aliphatic rings. The lowest BCUT2D eigenvalue weighted by Crippen LogP contribution is -2.21. The van der Waals surface area contributed by atoms with Gasteiger partial charge in [0, 0.05) is 12.1 Å². The molecule has 0 bridgehead atoms. The van der Waals surface area contributed by atoms with Crippen molar-refractivity contribution in [3.05, 3.63) is 40.1 Å². The lowest BCUT2D eigenvalue weighted by Gasteiger charge is -2.15. The minimum atomic E-state index is 0.119. The highest BCUT2D eigenvalue weighted by Gasteiger charge is 2.19. The Bertz CT molecular complexity index is 598. The largest absolute Gasteiger partial charge is 0.488 e. The van der Waals surface area contributed by atoms with Crippen molar-refractivity contribution in [2.24, 2.45) is 5.73 Å². The second-order valence-electron chi connectivity index (χ2n) is 5.11. The van der Waals surface area contributed by atoms with Crippen LogP contribution in [0.1, 0.15) is 24.5 Å². The molecule has 2 N–H and O–H groups in total. The molecule has 4 nitrogen and oxygen atoms in total. The molecule has 21 heavy (non-hydrogen) atoms. The molecule has 1 aromatic carbocycles. The first-order valence-corrected chi connectivity index (χ1v) is 8.02. The summed E-state index contributed by atoms with van der Waals surface area (Å²) >= 11 is 1.67. The summed E-state index contributed by atoms with van der Waals surface area (Å²) in [5.41, 5.74) is 8.33. The molecule has 3 rings (SSSR count). The molecule has 0 aliphatic carbocycles. The van der Waals surface area contributed by atoms with E-state index in [0.29, 0.717) is 6.61 Å². The third kappa shape index (κ3) is 3.31. The molecular weight excluding hydrogens is 286 g/mol. The van der Waals surface area contributed by atoms with E-state index in [1.165, 1.54) is 5.56 Å². The highest BCUT2D eigenvalue weighted by atomic mass is 32.1. The topological polar surface area (TPSA) is 53.7 Å². The molecule has 1 atom stereocenters. The number of nitrogens with two attached hydrogens (primary N) is 1. The summed E-state index contributed by atoms with van der Waals surface area (Å²) in [6, 6.07) is 6.08. The van der Waals surface area contributed by atoms with Crippen molar-refractivity contribution in [3.8, 4) is 17.2 Å². The molecule has 0 amide bonds. The molecule has 1 aliphatic heterocycles. The van der Waals surface area contributed by atoms with Gasteiger partial charge in [0.05, 0.1) is 0 Å². The van der Waals surface area contributed by atoms with Crippen LogP contribution in [0.25, 0.3) is 0 Å². The Morgan fingerprint density at radius 2 is 2.14 bits per heavy atom. The zero-order chi connectivity index (χ0) is 14.7. The third-order valence-electron chi connectivity index (χ3n) is 3.54.